The third-order valence-corrected chi connectivity index (χ3v) is 7.26. The summed E-state index contributed by atoms with van der Waals surface area (Å²) in [5.41, 5.74) is 0.729. The summed E-state index contributed by atoms with van der Waals surface area (Å²) in [5, 5.41) is 7.24. The standard InChI is InChI=1S/C28H28F4N4O4/c1-16(37)39-27(38)19-4-8-22(14-19)33-21-6-2-17(3-7-21)26-34-25(35-40-26)18-5-9-24(23(15-18)28(30,31)32)36-12-10-20(29)11-13-36/h2-3,5-7,9,15,19-20,22,33H,4,8,10-14H2,1H3/t19-,22-/m0/s1. The quantitative estimate of drug-likeness (QED) is 0.222. The second-order valence-corrected chi connectivity index (χ2v) is 10.2. The molecular formula is C28H28F4N4O4. The summed E-state index contributed by atoms with van der Waals surface area (Å²) in [5.74, 6) is -1.28. The summed E-state index contributed by atoms with van der Waals surface area (Å²) in [7, 11) is 0. The number of piperidine rings is 1. The van der Waals surface area contributed by atoms with Gasteiger partial charge in [-0.05, 0) is 74.6 Å². The Balaban J connectivity index is 1.27. The minimum absolute atomic E-state index is 0.0132. The Kier molecular flexibility index (Phi) is 7.77. The van der Waals surface area contributed by atoms with Gasteiger partial charge in [0, 0.05) is 48.6 Å². The van der Waals surface area contributed by atoms with Gasteiger partial charge >= 0.3 is 18.1 Å². The molecule has 1 aliphatic carbocycles. The molecule has 0 spiro atoms. The minimum Gasteiger partial charge on any atom is -0.393 e. The van der Waals surface area contributed by atoms with Crippen molar-refractivity contribution in [1.82, 2.24) is 10.1 Å². The summed E-state index contributed by atoms with van der Waals surface area (Å²) < 4.78 is 65.4. The molecule has 1 saturated heterocycles. The molecule has 1 saturated carbocycles. The highest BCUT2D eigenvalue weighted by atomic mass is 19.4. The van der Waals surface area contributed by atoms with Crippen LogP contribution in [0.3, 0.4) is 0 Å². The zero-order valence-corrected chi connectivity index (χ0v) is 21.7. The topological polar surface area (TPSA) is 97.6 Å². The molecule has 8 nitrogen and oxygen atoms in total. The predicted octanol–water partition coefficient (Wildman–Crippen LogP) is 6.03. The molecule has 1 aromatic heterocycles. The molecule has 2 fully saturated rings. The van der Waals surface area contributed by atoms with E-state index in [1.807, 2.05) is 0 Å². The maximum atomic E-state index is 13.9. The van der Waals surface area contributed by atoms with Gasteiger partial charge in [-0.3, -0.25) is 9.59 Å². The molecular weight excluding hydrogens is 532 g/mol. The van der Waals surface area contributed by atoms with E-state index in [4.69, 9.17) is 9.26 Å². The van der Waals surface area contributed by atoms with Crippen LogP contribution in [0.1, 0.15) is 44.6 Å². The molecule has 0 radical (unpaired) electrons. The van der Waals surface area contributed by atoms with Crippen molar-refractivity contribution in [1.29, 1.82) is 0 Å². The Morgan fingerprint density at radius 3 is 2.40 bits per heavy atom. The van der Waals surface area contributed by atoms with Gasteiger partial charge in [-0.15, -0.1) is 0 Å². The van der Waals surface area contributed by atoms with Crippen LogP contribution in [0.25, 0.3) is 22.8 Å². The fourth-order valence-corrected chi connectivity index (χ4v) is 5.22. The van der Waals surface area contributed by atoms with Crippen LogP contribution in [0, 0.1) is 5.92 Å². The summed E-state index contributed by atoms with van der Waals surface area (Å²) >= 11 is 0. The van der Waals surface area contributed by atoms with Crippen LogP contribution in [0.2, 0.25) is 0 Å². The molecule has 5 rings (SSSR count). The smallest absolute Gasteiger partial charge is 0.393 e. The number of nitrogens with one attached hydrogen (secondary N) is 1. The van der Waals surface area contributed by atoms with Gasteiger partial charge in [0.05, 0.1) is 11.5 Å². The summed E-state index contributed by atoms with van der Waals surface area (Å²) in [6, 6.07) is 11.0. The number of hydrogen-bond donors (Lipinski definition) is 1. The number of ether oxygens (including phenoxy) is 1. The van der Waals surface area contributed by atoms with Crippen LogP contribution >= 0.6 is 0 Å². The number of benzene rings is 2. The van der Waals surface area contributed by atoms with Gasteiger partial charge in [0.1, 0.15) is 6.17 Å². The molecule has 1 aliphatic heterocycles. The van der Waals surface area contributed by atoms with Gasteiger partial charge in [0.25, 0.3) is 5.89 Å². The van der Waals surface area contributed by atoms with E-state index in [-0.39, 0.29) is 60.9 Å². The zero-order chi connectivity index (χ0) is 28.4. The number of hydrogen-bond acceptors (Lipinski definition) is 8. The van der Waals surface area contributed by atoms with Crippen LogP contribution in [0.5, 0.6) is 0 Å². The van der Waals surface area contributed by atoms with Crippen molar-refractivity contribution in [3.8, 4) is 22.8 Å². The molecule has 1 N–H and O–H groups in total. The molecule has 3 aromatic rings. The molecule has 0 bridgehead atoms. The summed E-state index contributed by atoms with van der Waals surface area (Å²) in [6.45, 7) is 1.63. The van der Waals surface area contributed by atoms with Crippen molar-refractivity contribution in [3.63, 3.8) is 0 Å². The van der Waals surface area contributed by atoms with E-state index in [0.717, 1.165) is 18.2 Å². The molecule has 2 aliphatic rings. The lowest BCUT2D eigenvalue weighted by atomic mass is 10.0. The predicted molar refractivity (Wildman–Crippen MR) is 138 cm³/mol. The number of carbonyl (C=O) groups excluding carboxylic acids is 2. The van der Waals surface area contributed by atoms with Crippen molar-refractivity contribution >= 4 is 23.3 Å². The minimum atomic E-state index is -4.61. The Morgan fingerprint density at radius 2 is 1.73 bits per heavy atom. The molecule has 40 heavy (non-hydrogen) atoms. The van der Waals surface area contributed by atoms with E-state index in [1.54, 1.807) is 29.2 Å². The molecule has 212 valence electrons. The summed E-state index contributed by atoms with van der Waals surface area (Å²) in [6.07, 6.45) is -3.30. The van der Waals surface area contributed by atoms with Crippen LogP contribution in [0.4, 0.5) is 28.9 Å². The summed E-state index contributed by atoms with van der Waals surface area (Å²) in [4.78, 5) is 28.8. The Hall–Kier alpha value is -3.96. The van der Waals surface area contributed by atoms with Gasteiger partial charge in [0.15, 0.2) is 0 Å². The number of alkyl halides is 4. The lowest BCUT2D eigenvalue weighted by molar-refractivity contribution is -0.161. The number of rotatable bonds is 6. The van der Waals surface area contributed by atoms with E-state index < -0.39 is 29.9 Å². The van der Waals surface area contributed by atoms with E-state index in [1.165, 1.54) is 19.1 Å². The molecule has 2 atom stereocenters. The Morgan fingerprint density at radius 1 is 1.02 bits per heavy atom. The van der Waals surface area contributed by atoms with Gasteiger partial charge in [-0.2, -0.15) is 18.2 Å². The Bertz CT molecular complexity index is 1370. The number of aromatic nitrogens is 2. The van der Waals surface area contributed by atoms with Crippen LogP contribution in [0.15, 0.2) is 47.0 Å². The lowest BCUT2D eigenvalue weighted by Crippen LogP contribution is -2.35. The lowest BCUT2D eigenvalue weighted by Gasteiger charge is -2.32. The van der Waals surface area contributed by atoms with Crippen LogP contribution in [-0.2, 0) is 20.5 Å². The van der Waals surface area contributed by atoms with Gasteiger partial charge in [0.2, 0.25) is 5.82 Å². The third-order valence-electron chi connectivity index (χ3n) is 7.26. The fraction of sp³-hybridized carbons (Fsp3) is 0.429. The highest BCUT2D eigenvalue weighted by Gasteiger charge is 2.36. The molecule has 12 heteroatoms. The van der Waals surface area contributed by atoms with Crippen molar-refractivity contribution in [2.75, 3.05) is 23.3 Å². The first-order valence-corrected chi connectivity index (χ1v) is 13.1. The van der Waals surface area contributed by atoms with Crippen molar-refractivity contribution < 1.29 is 36.4 Å². The van der Waals surface area contributed by atoms with Crippen molar-refractivity contribution in [2.45, 2.75) is 57.4 Å². The van der Waals surface area contributed by atoms with Crippen molar-refractivity contribution in [3.05, 3.63) is 48.0 Å². The van der Waals surface area contributed by atoms with E-state index in [2.05, 4.69) is 15.5 Å². The number of carbonyl (C=O) groups is 2. The Labute approximate surface area is 227 Å². The number of anilines is 2. The number of halogens is 4. The third kappa shape index (κ3) is 6.26. The van der Waals surface area contributed by atoms with E-state index >= 15 is 0 Å². The maximum Gasteiger partial charge on any atom is 0.418 e. The largest absolute Gasteiger partial charge is 0.418 e. The van der Waals surface area contributed by atoms with Crippen molar-refractivity contribution in [2.24, 2.45) is 5.92 Å². The van der Waals surface area contributed by atoms with Gasteiger partial charge in [-0.1, -0.05) is 5.16 Å². The number of esters is 2. The maximum absolute atomic E-state index is 13.9. The van der Waals surface area contributed by atoms with E-state index in [0.29, 0.717) is 18.4 Å². The first kappa shape index (κ1) is 27.6. The first-order valence-electron chi connectivity index (χ1n) is 13.1. The number of nitrogens with zero attached hydrogens (tertiary/aromatic N) is 3. The highest BCUT2D eigenvalue weighted by Crippen LogP contribution is 2.40. The average molecular weight is 561 g/mol. The van der Waals surface area contributed by atoms with Gasteiger partial charge in [-0.25, -0.2) is 4.39 Å². The second kappa shape index (κ2) is 11.3. The zero-order valence-electron chi connectivity index (χ0n) is 21.7. The average Bonchev–Trinajstić information content (AvgIpc) is 3.59. The molecule has 2 heterocycles. The monoisotopic (exact) mass is 560 g/mol. The highest BCUT2D eigenvalue weighted by molar-refractivity contribution is 5.85. The van der Waals surface area contributed by atoms with Crippen LogP contribution < -0.4 is 10.2 Å². The fourth-order valence-electron chi connectivity index (χ4n) is 5.22. The normalized spacial score (nSPS) is 20.0. The molecule has 2 aromatic carbocycles. The van der Waals surface area contributed by atoms with Gasteiger partial charge < -0.3 is 19.5 Å². The molecule has 0 amide bonds. The second-order valence-electron chi connectivity index (χ2n) is 10.2. The van der Waals surface area contributed by atoms with E-state index in [9.17, 15) is 27.2 Å². The first-order chi connectivity index (χ1) is 19.1. The van der Waals surface area contributed by atoms with Crippen LogP contribution in [-0.4, -0.2) is 47.4 Å². The SMILES string of the molecule is CC(=O)OC(=O)[C@H]1CC[C@H](Nc2ccc(-c3nc(-c4ccc(N5CCC(F)CC5)c(C(F)(F)F)c4)no3)cc2)C1. The molecule has 0 unspecified atom stereocenters.